The first-order chi connectivity index (χ1) is 17.0. The fourth-order valence-corrected chi connectivity index (χ4v) is 5.76. The van der Waals surface area contributed by atoms with E-state index < -0.39 is 6.43 Å². The number of nitrogens with zero attached hydrogens (tertiary/aromatic N) is 4. The maximum atomic E-state index is 14.3. The summed E-state index contributed by atoms with van der Waals surface area (Å²) in [6.45, 7) is 4.75. The number of piperidine rings is 1. The first-order valence-corrected chi connectivity index (χ1v) is 12.3. The molecule has 1 aromatic carbocycles. The number of hydrogen-bond donors (Lipinski definition) is 3. The van der Waals surface area contributed by atoms with Gasteiger partial charge in [0.25, 0.3) is 6.43 Å². The highest BCUT2D eigenvalue weighted by Gasteiger charge is 2.33. The van der Waals surface area contributed by atoms with Gasteiger partial charge in [-0.2, -0.15) is 10.2 Å². The topological polar surface area (TPSA) is 90.9 Å². The minimum Gasteiger partial charge on any atom is -0.356 e. The number of halogens is 2. The highest BCUT2D eigenvalue weighted by atomic mass is 19.3. The number of H-pyrrole nitrogens is 1. The number of anilines is 2. The molecule has 1 fully saturated rings. The molecule has 3 aliphatic rings. The Morgan fingerprint density at radius 1 is 1.17 bits per heavy atom. The number of amides is 1. The number of alkyl halides is 2. The molecule has 0 spiro atoms. The van der Waals surface area contributed by atoms with Gasteiger partial charge in [0.05, 0.1) is 12.2 Å². The fraction of sp³-hybridized carbons (Fsp3) is 0.480. The largest absolute Gasteiger partial charge is 0.356 e. The lowest BCUT2D eigenvalue weighted by molar-refractivity contribution is -0.123. The molecule has 1 amide bonds. The third kappa shape index (κ3) is 3.80. The van der Waals surface area contributed by atoms with Crippen LogP contribution in [-0.2, 0) is 24.2 Å². The molecule has 184 valence electrons. The van der Waals surface area contributed by atoms with Crippen molar-refractivity contribution in [3.8, 4) is 11.1 Å². The normalized spacial score (nSPS) is 20.1. The molecule has 3 aliphatic heterocycles. The maximum absolute atomic E-state index is 14.3. The van der Waals surface area contributed by atoms with Crippen molar-refractivity contribution in [3.63, 3.8) is 0 Å². The highest BCUT2D eigenvalue weighted by molar-refractivity contribution is 5.78. The Morgan fingerprint density at radius 2 is 2.06 bits per heavy atom. The lowest BCUT2D eigenvalue weighted by atomic mass is 9.92. The quantitative estimate of drug-likeness (QED) is 0.529. The summed E-state index contributed by atoms with van der Waals surface area (Å²) in [5, 5.41) is 18.3. The molecule has 0 saturated carbocycles. The molecule has 0 aliphatic carbocycles. The first kappa shape index (κ1) is 22.2. The van der Waals surface area contributed by atoms with Gasteiger partial charge in [-0.15, -0.1) is 0 Å². The summed E-state index contributed by atoms with van der Waals surface area (Å²) >= 11 is 0. The second kappa shape index (κ2) is 8.75. The molecular formula is C25H29F2N7O. The molecule has 1 saturated heterocycles. The van der Waals surface area contributed by atoms with Crippen LogP contribution < -0.4 is 15.5 Å². The third-order valence-electron chi connectivity index (χ3n) is 7.48. The minimum absolute atomic E-state index is 0.00975. The van der Waals surface area contributed by atoms with E-state index in [1.807, 2.05) is 13.0 Å². The van der Waals surface area contributed by atoms with E-state index in [1.165, 1.54) is 0 Å². The van der Waals surface area contributed by atoms with Gasteiger partial charge in [-0.05, 0) is 49.4 Å². The number of benzene rings is 1. The van der Waals surface area contributed by atoms with Gasteiger partial charge in [0, 0.05) is 72.8 Å². The second-order valence-corrected chi connectivity index (χ2v) is 9.65. The summed E-state index contributed by atoms with van der Waals surface area (Å²) in [6.07, 6.45) is 2.83. The zero-order chi connectivity index (χ0) is 24.1. The van der Waals surface area contributed by atoms with E-state index in [0.717, 1.165) is 66.2 Å². The Hall–Kier alpha value is -3.27. The molecular weight excluding hydrogens is 452 g/mol. The van der Waals surface area contributed by atoms with E-state index in [-0.39, 0.29) is 17.5 Å². The maximum Gasteiger partial charge on any atom is 0.264 e. The number of hydrogen-bond acceptors (Lipinski definition) is 5. The first-order valence-electron chi connectivity index (χ1n) is 12.3. The van der Waals surface area contributed by atoms with Crippen molar-refractivity contribution in [2.24, 2.45) is 0 Å². The van der Waals surface area contributed by atoms with Crippen LogP contribution in [0.2, 0.25) is 0 Å². The van der Waals surface area contributed by atoms with Crippen molar-refractivity contribution in [2.75, 3.05) is 24.5 Å². The Labute approximate surface area is 202 Å². The van der Waals surface area contributed by atoms with Crippen LogP contribution >= 0.6 is 0 Å². The molecule has 3 aromatic rings. The van der Waals surface area contributed by atoms with Crippen LogP contribution in [0, 0.1) is 6.92 Å². The minimum atomic E-state index is -2.61. The third-order valence-corrected chi connectivity index (χ3v) is 7.48. The average Bonchev–Trinajstić information content (AvgIpc) is 3.46. The van der Waals surface area contributed by atoms with Crippen LogP contribution in [0.5, 0.6) is 0 Å². The zero-order valence-electron chi connectivity index (χ0n) is 19.7. The Balaban J connectivity index is 1.46. The number of aromatic nitrogens is 4. The summed E-state index contributed by atoms with van der Waals surface area (Å²) in [5.74, 6) is 0.875. The number of carbonyl (C=O) groups excluding carboxylic acids is 1. The van der Waals surface area contributed by atoms with E-state index in [1.54, 1.807) is 12.3 Å². The van der Waals surface area contributed by atoms with Gasteiger partial charge in [-0.25, -0.2) is 8.78 Å². The standard InChI is InChI=1S/C25H29F2N7O/c1-14-19(13-30-31-14)17-9-15-3-2-8-33(22(15)11-18(17)24(26)27)25-20-12-28-6-5-21(20)34(32-25)16-4-7-29-23(35)10-16/h9,11,13,16,24,28H,2-8,10,12H2,1H3,(H,29,35)(H,30,31). The molecule has 3 N–H and O–H groups in total. The molecule has 35 heavy (non-hydrogen) atoms. The molecule has 1 atom stereocenters. The van der Waals surface area contributed by atoms with Crippen LogP contribution in [0.15, 0.2) is 18.3 Å². The van der Waals surface area contributed by atoms with Crippen molar-refractivity contribution in [2.45, 2.75) is 58.0 Å². The number of fused-ring (bicyclic) bond motifs is 2. The van der Waals surface area contributed by atoms with Crippen LogP contribution in [0.3, 0.4) is 0 Å². The lowest BCUT2D eigenvalue weighted by Crippen LogP contribution is -2.36. The van der Waals surface area contributed by atoms with E-state index in [9.17, 15) is 13.6 Å². The van der Waals surface area contributed by atoms with Crippen molar-refractivity contribution in [1.29, 1.82) is 0 Å². The number of aromatic amines is 1. The monoisotopic (exact) mass is 481 g/mol. The van der Waals surface area contributed by atoms with Crippen LogP contribution in [0.1, 0.15) is 59.8 Å². The fourth-order valence-electron chi connectivity index (χ4n) is 5.76. The summed E-state index contributed by atoms with van der Waals surface area (Å²) in [4.78, 5) is 14.2. The Bertz CT molecular complexity index is 1280. The van der Waals surface area contributed by atoms with Gasteiger partial charge < -0.3 is 15.5 Å². The summed E-state index contributed by atoms with van der Waals surface area (Å²) in [7, 11) is 0. The molecule has 6 rings (SSSR count). The summed E-state index contributed by atoms with van der Waals surface area (Å²) < 4.78 is 30.6. The smallest absolute Gasteiger partial charge is 0.264 e. The summed E-state index contributed by atoms with van der Waals surface area (Å²) in [5.41, 5.74) is 6.14. The van der Waals surface area contributed by atoms with Gasteiger partial charge >= 0.3 is 0 Å². The van der Waals surface area contributed by atoms with Crippen molar-refractivity contribution >= 4 is 17.4 Å². The molecule has 5 heterocycles. The number of carbonyl (C=O) groups is 1. The lowest BCUT2D eigenvalue weighted by Gasteiger charge is -2.32. The van der Waals surface area contributed by atoms with Crippen LogP contribution in [0.25, 0.3) is 11.1 Å². The number of nitrogens with one attached hydrogen (secondary N) is 3. The van der Waals surface area contributed by atoms with Crippen LogP contribution in [-0.4, -0.2) is 45.5 Å². The molecule has 8 nitrogen and oxygen atoms in total. The molecule has 10 heteroatoms. The molecule has 0 bridgehead atoms. The van der Waals surface area contributed by atoms with Crippen molar-refractivity contribution in [1.82, 2.24) is 30.6 Å². The van der Waals surface area contributed by atoms with Gasteiger partial charge in [0.15, 0.2) is 5.82 Å². The molecule has 1 unspecified atom stereocenters. The van der Waals surface area contributed by atoms with Gasteiger partial charge in [0.1, 0.15) is 0 Å². The Kier molecular flexibility index (Phi) is 5.55. The van der Waals surface area contributed by atoms with Crippen molar-refractivity contribution < 1.29 is 13.6 Å². The zero-order valence-corrected chi connectivity index (χ0v) is 19.7. The molecule has 0 radical (unpaired) electrons. The number of aryl methyl sites for hydroxylation is 2. The predicted octanol–water partition coefficient (Wildman–Crippen LogP) is 3.70. The van der Waals surface area contributed by atoms with Gasteiger partial charge in [0.2, 0.25) is 5.91 Å². The van der Waals surface area contributed by atoms with E-state index in [2.05, 4.69) is 30.4 Å². The average molecular weight is 482 g/mol. The van der Waals surface area contributed by atoms with Gasteiger partial charge in [-0.1, -0.05) is 0 Å². The van der Waals surface area contributed by atoms with Crippen LogP contribution in [0.4, 0.5) is 20.3 Å². The van der Waals surface area contributed by atoms with E-state index >= 15 is 0 Å². The second-order valence-electron chi connectivity index (χ2n) is 9.65. The predicted molar refractivity (Wildman–Crippen MR) is 128 cm³/mol. The SMILES string of the molecule is Cc1[nH]ncc1-c1cc2c(cc1C(F)F)N(c1nn(C3CCNC(=O)C3)c3c1CNCC3)CCC2. The van der Waals surface area contributed by atoms with E-state index in [4.69, 9.17) is 5.10 Å². The van der Waals surface area contributed by atoms with Crippen molar-refractivity contribution in [3.05, 3.63) is 46.4 Å². The van der Waals surface area contributed by atoms with Gasteiger partial charge in [-0.3, -0.25) is 14.6 Å². The number of rotatable bonds is 4. The summed E-state index contributed by atoms with van der Waals surface area (Å²) in [6, 6.07) is 3.58. The molecule has 2 aromatic heterocycles. The highest BCUT2D eigenvalue weighted by Crippen LogP contribution is 2.43. The van der Waals surface area contributed by atoms with E-state index in [0.29, 0.717) is 37.2 Å². The Morgan fingerprint density at radius 3 is 2.83 bits per heavy atom.